The van der Waals surface area contributed by atoms with Crippen molar-refractivity contribution in [2.75, 3.05) is 12.4 Å². The van der Waals surface area contributed by atoms with Crippen molar-refractivity contribution in [3.63, 3.8) is 0 Å². The Morgan fingerprint density at radius 2 is 1.95 bits per heavy atom. The van der Waals surface area contributed by atoms with E-state index in [-0.39, 0.29) is 12.5 Å². The van der Waals surface area contributed by atoms with Gasteiger partial charge >= 0.3 is 0 Å². The van der Waals surface area contributed by atoms with Gasteiger partial charge in [-0.3, -0.25) is 4.79 Å². The molecule has 0 bridgehead atoms. The summed E-state index contributed by atoms with van der Waals surface area (Å²) in [5.41, 5.74) is 1.97. The van der Waals surface area contributed by atoms with Crippen LogP contribution in [-0.4, -0.2) is 18.1 Å². The summed E-state index contributed by atoms with van der Waals surface area (Å²) in [6, 6.07) is 14.0. The van der Waals surface area contributed by atoms with Crippen LogP contribution < -0.4 is 10.1 Å². The molecule has 0 aliphatic carbocycles. The molecule has 0 saturated heterocycles. The van der Waals surface area contributed by atoms with Gasteiger partial charge in [-0.1, -0.05) is 12.1 Å². The summed E-state index contributed by atoms with van der Waals surface area (Å²) >= 11 is 0. The van der Waals surface area contributed by atoms with Gasteiger partial charge in [-0.05, 0) is 42.0 Å². The molecule has 0 aliphatic rings. The summed E-state index contributed by atoms with van der Waals surface area (Å²) in [4.78, 5) is 12.0. The molecule has 4 nitrogen and oxygen atoms in total. The molecule has 2 aromatic carbocycles. The third-order valence-electron chi connectivity index (χ3n) is 2.72. The van der Waals surface area contributed by atoms with E-state index in [1.807, 2.05) is 0 Å². The third kappa shape index (κ3) is 3.33. The van der Waals surface area contributed by atoms with Gasteiger partial charge < -0.3 is 15.2 Å². The first kappa shape index (κ1) is 13.1. The van der Waals surface area contributed by atoms with Crippen molar-refractivity contribution < 1.29 is 14.6 Å². The topological polar surface area (TPSA) is 58.6 Å². The molecule has 1 amide bonds. The fraction of sp³-hybridized carbons (Fsp3) is 0.133. The molecule has 0 saturated carbocycles. The fourth-order valence-corrected chi connectivity index (χ4v) is 1.69. The Morgan fingerprint density at radius 3 is 2.58 bits per heavy atom. The summed E-state index contributed by atoms with van der Waals surface area (Å²) < 4.78 is 5.04. The maximum Gasteiger partial charge on any atom is 0.255 e. The fourth-order valence-electron chi connectivity index (χ4n) is 1.69. The number of amides is 1. The molecule has 0 atom stereocenters. The highest BCUT2D eigenvalue weighted by Crippen LogP contribution is 2.15. The van der Waals surface area contributed by atoms with Crippen LogP contribution in [0.5, 0.6) is 5.75 Å². The van der Waals surface area contributed by atoms with Gasteiger partial charge in [0.15, 0.2) is 0 Å². The molecule has 2 rings (SSSR count). The monoisotopic (exact) mass is 257 g/mol. The lowest BCUT2D eigenvalue weighted by molar-refractivity contribution is 0.102. The maximum absolute atomic E-state index is 12.0. The maximum atomic E-state index is 12.0. The van der Waals surface area contributed by atoms with E-state index in [1.165, 1.54) is 0 Å². The zero-order valence-corrected chi connectivity index (χ0v) is 10.6. The normalized spacial score (nSPS) is 10.0. The molecule has 0 fully saturated rings. The van der Waals surface area contributed by atoms with Gasteiger partial charge in [0.1, 0.15) is 5.75 Å². The third-order valence-corrected chi connectivity index (χ3v) is 2.72. The molecular formula is C15H15NO3. The lowest BCUT2D eigenvalue weighted by atomic mass is 10.1. The average Bonchev–Trinajstić information content (AvgIpc) is 2.47. The number of carbonyl (C=O) groups is 1. The van der Waals surface area contributed by atoms with E-state index in [9.17, 15) is 4.79 Å². The highest BCUT2D eigenvalue weighted by molar-refractivity contribution is 6.04. The molecular weight excluding hydrogens is 242 g/mol. The van der Waals surface area contributed by atoms with Gasteiger partial charge in [0.2, 0.25) is 0 Å². The second kappa shape index (κ2) is 6.02. The first-order chi connectivity index (χ1) is 9.22. The van der Waals surface area contributed by atoms with Crippen LogP contribution >= 0.6 is 0 Å². The van der Waals surface area contributed by atoms with Gasteiger partial charge in [-0.2, -0.15) is 0 Å². The number of aliphatic hydroxyl groups is 1. The van der Waals surface area contributed by atoms with Crippen molar-refractivity contribution in [1.29, 1.82) is 0 Å². The zero-order valence-electron chi connectivity index (χ0n) is 10.6. The molecule has 4 heteroatoms. The van der Waals surface area contributed by atoms with E-state index in [0.29, 0.717) is 17.0 Å². The molecule has 0 radical (unpaired) electrons. The second-order valence-corrected chi connectivity index (χ2v) is 4.04. The predicted molar refractivity (Wildman–Crippen MR) is 73.3 cm³/mol. The lowest BCUT2D eigenvalue weighted by Crippen LogP contribution is -2.11. The molecule has 98 valence electrons. The first-order valence-corrected chi connectivity index (χ1v) is 5.88. The summed E-state index contributed by atoms with van der Waals surface area (Å²) in [7, 11) is 1.58. The second-order valence-electron chi connectivity index (χ2n) is 4.04. The molecule has 0 aromatic heterocycles. The number of carbonyl (C=O) groups excluding carboxylic acids is 1. The minimum absolute atomic E-state index is 0.0494. The van der Waals surface area contributed by atoms with Crippen LogP contribution in [0.15, 0.2) is 48.5 Å². The van der Waals surface area contributed by atoms with Crippen LogP contribution in [0, 0.1) is 0 Å². The van der Waals surface area contributed by atoms with E-state index >= 15 is 0 Å². The summed E-state index contributed by atoms with van der Waals surface area (Å²) in [6.45, 7) is -0.0494. The van der Waals surface area contributed by atoms with Crippen LogP contribution in [0.1, 0.15) is 15.9 Å². The standard InChI is InChI=1S/C15H15NO3/c1-19-14-7-5-12(6-8-14)15(18)16-13-4-2-3-11(9-13)10-17/h2-9,17H,10H2,1H3,(H,16,18). The molecule has 0 unspecified atom stereocenters. The van der Waals surface area contributed by atoms with E-state index < -0.39 is 0 Å². The van der Waals surface area contributed by atoms with Crippen molar-refractivity contribution in [2.24, 2.45) is 0 Å². The number of rotatable bonds is 4. The van der Waals surface area contributed by atoms with E-state index in [1.54, 1.807) is 55.6 Å². The minimum atomic E-state index is -0.197. The Balaban J connectivity index is 2.11. The van der Waals surface area contributed by atoms with Gasteiger partial charge in [-0.25, -0.2) is 0 Å². The van der Waals surface area contributed by atoms with Gasteiger partial charge in [0.25, 0.3) is 5.91 Å². The average molecular weight is 257 g/mol. The molecule has 0 aliphatic heterocycles. The molecule has 19 heavy (non-hydrogen) atoms. The van der Waals surface area contributed by atoms with Crippen LogP contribution in [0.2, 0.25) is 0 Å². The highest BCUT2D eigenvalue weighted by atomic mass is 16.5. The molecule has 2 aromatic rings. The predicted octanol–water partition coefficient (Wildman–Crippen LogP) is 2.44. The van der Waals surface area contributed by atoms with Crippen LogP contribution in [0.4, 0.5) is 5.69 Å². The van der Waals surface area contributed by atoms with Crippen LogP contribution in [-0.2, 0) is 6.61 Å². The van der Waals surface area contributed by atoms with E-state index in [0.717, 1.165) is 5.56 Å². The van der Waals surface area contributed by atoms with Gasteiger partial charge in [-0.15, -0.1) is 0 Å². The number of nitrogens with one attached hydrogen (secondary N) is 1. The van der Waals surface area contributed by atoms with Gasteiger partial charge in [0, 0.05) is 11.3 Å². The Kier molecular flexibility index (Phi) is 4.15. The van der Waals surface area contributed by atoms with Crippen molar-refractivity contribution in [3.8, 4) is 5.75 Å². The first-order valence-electron chi connectivity index (χ1n) is 5.88. The number of methoxy groups -OCH3 is 1. The number of hydrogen-bond acceptors (Lipinski definition) is 3. The van der Waals surface area contributed by atoms with Crippen molar-refractivity contribution >= 4 is 11.6 Å². The Labute approximate surface area is 111 Å². The number of benzene rings is 2. The quantitative estimate of drug-likeness (QED) is 0.884. The van der Waals surface area contributed by atoms with Crippen molar-refractivity contribution in [1.82, 2.24) is 0 Å². The van der Waals surface area contributed by atoms with Crippen molar-refractivity contribution in [2.45, 2.75) is 6.61 Å². The number of hydrogen-bond donors (Lipinski definition) is 2. The van der Waals surface area contributed by atoms with E-state index in [4.69, 9.17) is 9.84 Å². The number of anilines is 1. The van der Waals surface area contributed by atoms with Gasteiger partial charge in [0.05, 0.1) is 13.7 Å². The highest BCUT2D eigenvalue weighted by Gasteiger charge is 2.06. The zero-order chi connectivity index (χ0) is 13.7. The summed E-state index contributed by atoms with van der Waals surface area (Å²) in [6.07, 6.45) is 0. The largest absolute Gasteiger partial charge is 0.497 e. The van der Waals surface area contributed by atoms with Crippen molar-refractivity contribution in [3.05, 3.63) is 59.7 Å². The van der Waals surface area contributed by atoms with Crippen LogP contribution in [0.3, 0.4) is 0 Å². The lowest BCUT2D eigenvalue weighted by Gasteiger charge is -2.07. The Bertz CT molecular complexity index is 564. The van der Waals surface area contributed by atoms with E-state index in [2.05, 4.69) is 5.32 Å². The molecule has 0 spiro atoms. The SMILES string of the molecule is COc1ccc(C(=O)Nc2cccc(CO)c2)cc1. The number of aliphatic hydroxyl groups excluding tert-OH is 1. The smallest absolute Gasteiger partial charge is 0.255 e. The molecule has 0 heterocycles. The van der Waals surface area contributed by atoms with Crippen LogP contribution in [0.25, 0.3) is 0 Å². The Morgan fingerprint density at radius 1 is 1.21 bits per heavy atom. The number of ether oxygens (including phenoxy) is 1. The summed E-state index contributed by atoms with van der Waals surface area (Å²) in [5.74, 6) is 0.511. The summed E-state index contributed by atoms with van der Waals surface area (Å²) in [5, 5.41) is 11.8. The minimum Gasteiger partial charge on any atom is -0.497 e. The Hall–Kier alpha value is -2.33. The molecule has 2 N–H and O–H groups in total.